The van der Waals surface area contributed by atoms with Gasteiger partial charge in [0.2, 0.25) is 5.91 Å². The molecule has 1 aromatic heterocycles. The molecule has 0 unspecified atom stereocenters. The Hall–Kier alpha value is -2.27. The van der Waals surface area contributed by atoms with E-state index in [0.29, 0.717) is 0 Å². The zero-order valence-electron chi connectivity index (χ0n) is 18.1. The molecule has 156 valence electrons. The maximum absolute atomic E-state index is 12.9. The number of likely N-dealkylation sites (N-methyl/N-ethyl adjacent to an activating group) is 1. The molecule has 2 aromatic rings. The largest absolute Gasteiger partial charge is 0.496 e. The van der Waals surface area contributed by atoms with E-state index in [2.05, 4.69) is 24.8 Å². The first-order chi connectivity index (χ1) is 14.0. The Balaban J connectivity index is 1.68. The summed E-state index contributed by atoms with van der Waals surface area (Å²) in [5, 5.41) is 1.18. The molecule has 0 N–H and O–H groups in total. The topological polar surface area (TPSA) is 45.9 Å². The van der Waals surface area contributed by atoms with Gasteiger partial charge < -0.3 is 19.0 Å². The number of nitrogens with zero attached hydrogens (tertiary/aromatic N) is 2. The average Bonchev–Trinajstić information content (AvgIpc) is 3.12. The van der Waals surface area contributed by atoms with E-state index < -0.39 is 0 Å². The van der Waals surface area contributed by atoms with Crippen LogP contribution in [0.25, 0.3) is 16.5 Å². The average molecular weight is 397 g/mol. The zero-order valence-corrected chi connectivity index (χ0v) is 18.1. The summed E-state index contributed by atoms with van der Waals surface area (Å²) in [5.74, 6) is 2.02. The van der Waals surface area contributed by atoms with Crippen molar-refractivity contribution in [3.8, 4) is 5.75 Å². The Labute approximate surface area is 173 Å². The first kappa shape index (κ1) is 20.0. The number of amides is 1. The second-order valence-corrected chi connectivity index (χ2v) is 8.26. The summed E-state index contributed by atoms with van der Waals surface area (Å²) in [6.07, 6.45) is 6.25. The van der Waals surface area contributed by atoms with Crippen molar-refractivity contribution in [2.75, 3.05) is 39.8 Å². The van der Waals surface area contributed by atoms with Crippen LogP contribution in [0.1, 0.15) is 49.1 Å². The molecule has 2 heterocycles. The van der Waals surface area contributed by atoms with Crippen molar-refractivity contribution in [2.24, 2.45) is 0 Å². The van der Waals surface area contributed by atoms with Gasteiger partial charge in [-0.05, 0) is 51.3 Å². The summed E-state index contributed by atoms with van der Waals surface area (Å²) in [6.45, 7) is 10.8. The second kappa shape index (κ2) is 8.23. The number of hydrogen-bond donors (Lipinski definition) is 0. The number of fused-ring (bicyclic) bond motifs is 3. The highest BCUT2D eigenvalue weighted by Gasteiger charge is 2.24. The summed E-state index contributed by atoms with van der Waals surface area (Å²) in [6, 6.07) is 2.17. The van der Waals surface area contributed by atoms with Gasteiger partial charge in [0.15, 0.2) is 0 Å². The fourth-order valence-electron chi connectivity index (χ4n) is 4.73. The molecule has 0 spiro atoms. The third-order valence-corrected chi connectivity index (χ3v) is 6.53. The van der Waals surface area contributed by atoms with Gasteiger partial charge in [0, 0.05) is 60.8 Å². The van der Waals surface area contributed by atoms with Crippen molar-refractivity contribution in [1.82, 2.24) is 9.80 Å². The molecule has 5 nitrogen and oxygen atoms in total. The molecular formula is C24H32N2O3. The van der Waals surface area contributed by atoms with E-state index in [9.17, 15) is 4.79 Å². The fraction of sp³-hybridized carbons (Fsp3) is 0.542. The third-order valence-electron chi connectivity index (χ3n) is 6.53. The van der Waals surface area contributed by atoms with Crippen LogP contribution in [0.2, 0.25) is 0 Å². The number of piperazine rings is 1. The minimum Gasteiger partial charge on any atom is -0.496 e. The van der Waals surface area contributed by atoms with Crippen LogP contribution in [-0.4, -0.2) is 55.5 Å². The van der Waals surface area contributed by atoms with E-state index in [1.807, 2.05) is 11.8 Å². The predicted molar refractivity (Wildman–Crippen MR) is 116 cm³/mol. The SMILES string of the molecule is CCN1CCN(C(=O)/C=C(\C)c2cc3c4c(oc3c(C)c2OC)CCCC4)CC1. The van der Waals surface area contributed by atoms with Crippen LogP contribution in [0.15, 0.2) is 16.6 Å². The fourth-order valence-corrected chi connectivity index (χ4v) is 4.73. The van der Waals surface area contributed by atoms with Gasteiger partial charge in [-0.15, -0.1) is 0 Å². The van der Waals surface area contributed by atoms with Crippen LogP contribution in [0.4, 0.5) is 0 Å². The molecule has 5 heteroatoms. The van der Waals surface area contributed by atoms with Crippen LogP contribution < -0.4 is 4.74 Å². The highest BCUT2D eigenvalue weighted by atomic mass is 16.5. The minimum absolute atomic E-state index is 0.0901. The van der Waals surface area contributed by atoms with Gasteiger partial charge in [0.25, 0.3) is 0 Å². The lowest BCUT2D eigenvalue weighted by molar-refractivity contribution is -0.127. The lowest BCUT2D eigenvalue weighted by Crippen LogP contribution is -2.48. The number of aryl methyl sites for hydroxylation is 3. The normalized spacial score (nSPS) is 18.2. The molecule has 29 heavy (non-hydrogen) atoms. The number of methoxy groups -OCH3 is 1. The van der Waals surface area contributed by atoms with E-state index in [-0.39, 0.29) is 5.91 Å². The number of furan rings is 1. The molecule has 1 aliphatic carbocycles. The first-order valence-corrected chi connectivity index (χ1v) is 10.8. The lowest BCUT2D eigenvalue weighted by Gasteiger charge is -2.33. The number of benzene rings is 1. The summed E-state index contributed by atoms with van der Waals surface area (Å²) >= 11 is 0. The molecule has 4 rings (SSSR count). The number of carbonyl (C=O) groups is 1. The molecule has 1 aliphatic heterocycles. The van der Waals surface area contributed by atoms with Gasteiger partial charge in [0.1, 0.15) is 17.1 Å². The molecule has 0 radical (unpaired) electrons. The molecule has 0 bridgehead atoms. The van der Waals surface area contributed by atoms with Crippen LogP contribution in [-0.2, 0) is 17.6 Å². The Morgan fingerprint density at radius 1 is 1.21 bits per heavy atom. The molecule has 2 aliphatic rings. The molecule has 0 saturated carbocycles. The minimum atomic E-state index is 0.0901. The molecule has 0 atom stereocenters. The molecule has 1 amide bonds. The molecular weight excluding hydrogens is 364 g/mol. The molecule has 1 aromatic carbocycles. The van der Waals surface area contributed by atoms with Crippen LogP contribution in [0, 0.1) is 6.92 Å². The van der Waals surface area contributed by atoms with Crippen LogP contribution in [0.3, 0.4) is 0 Å². The maximum atomic E-state index is 12.9. The van der Waals surface area contributed by atoms with Gasteiger partial charge in [-0.1, -0.05) is 6.92 Å². The van der Waals surface area contributed by atoms with E-state index in [0.717, 1.165) is 79.4 Å². The van der Waals surface area contributed by atoms with Gasteiger partial charge in [0.05, 0.1) is 7.11 Å². The standard InChI is InChI=1S/C24H32N2O3/c1-5-25-10-12-26(13-11-25)22(27)14-16(2)19-15-20-18-8-6-7-9-21(18)29-24(20)17(3)23(19)28-4/h14-15H,5-13H2,1-4H3/b16-14+. The van der Waals surface area contributed by atoms with Crippen molar-refractivity contribution < 1.29 is 13.9 Å². The molecule has 1 saturated heterocycles. The Morgan fingerprint density at radius 2 is 1.93 bits per heavy atom. The van der Waals surface area contributed by atoms with E-state index in [1.54, 1.807) is 13.2 Å². The van der Waals surface area contributed by atoms with Gasteiger partial charge in [-0.25, -0.2) is 0 Å². The Kier molecular flexibility index (Phi) is 5.68. The number of ether oxygens (including phenoxy) is 1. The van der Waals surface area contributed by atoms with E-state index in [4.69, 9.17) is 9.15 Å². The summed E-state index contributed by atoms with van der Waals surface area (Å²) < 4.78 is 12.0. The Bertz CT molecular complexity index is 949. The zero-order chi connectivity index (χ0) is 20.5. The van der Waals surface area contributed by atoms with Crippen molar-refractivity contribution in [3.63, 3.8) is 0 Å². The quantitative estimate of drug-likeness (QED) is 0.727. The van der Waals surface area contributed by atoms with E-state index >= 15 is 0 Å². The summed E-state index contributed by atoms with van der Waals surface area (Å²) in [5.41, 5.74) is 5.24. The van der Waals surface area contributed by atoms with Crippen LogP contribution >= 0.6 is 0 Å². The highest BCUT2D eigenvalue weighted by molar-refractivity contribution is 5.98. The highest BCUT2D eigenvalue weighted by Crippen LogP contribution is 2.41. The number of carbonyl (C=O) groups excluding carboxylic acids is 1. The maximum Gasteiger partial charge on any atom is 0.246 e. The third kappa shape index (κ3) is 3.68. The number of rotatable bonds is 4. The van der Waals surface area contributed by atoms with Crippen molar-refractivity contribution in [2.45, 2.75) is 46.5 Å². The summed E-state index contributed by atoms with van der Waals surface area (Å²) in [7, 11) is 1.69. The first-order valence-electron chi connectivity index (χ1n) is 10.8. The van der Waals surface area contributed by atoms with Gasteiger partial charge in [-0.3, -0.25) is 4.79 Å². The predicted octanol–water partition coefficient (Wildman–Crippen LogP) is 4.20. The molecule has 1 fully saturated rings. The number of hydrogen-bond acceptors (Lipinski definition) is 4. The number of allylic oxidation sites excluding steroid dienone is 1. The smallest absolute Gasteiger partial charge is 0.246 e. The van der Waals surface area contributed by atoms with Gasteiger partial charge in [-0.2, -0.15) is 0 Å². The van der Waals surface area contributed by atoms with Crippen molar-refractivity contribution in [3.05, 3.63) is 34.6 Å². The van der Waals surface area contributed by atoms with Crippen LogP contribution in [0.5, 0.6) is 5.75 Å². The monoisotopic (exact) mass is 396 g/mol. The Morgan fingerprint density at radius 3 is 2.62 bits per heavy atom. The second-order valence-electron chi connectivity index (χ2n) is 8.26. The van der Waals surface area contributed by atoms with Gasteiger partial charge >= 0.3 is 0 Å². The van der Waals surface area contributed by atoms with Crippen molar-refractivity contribution in [1.29, 1.82) is 0 Å². The van der Waals surface area contributed by atoms with E-state index in [1.165, 1.54) is 23.8 Å². The summed E-state index contributed by atoms with van der Waals surface area (Å²) in [4.78, 5) is 17.2. The lowest BCUT2D eigenvalue weighted by atomic mass is 9.93. The van der Waals surface area contributed by atoms with Crippen molar-refractivity contribution >= 4 is 22.4 Å².